The average Bonchev–Trinajstić information content (AvgIpc) is 2.68. The summed E-state index contributed by atoms with van der Waals surface area (Å²) in [5.74, 6) is 0.867. The van der Waals surface area contributed by atoms with Crippen LogP contribution in [0.2, 0.25) is 5.02 Å². The van der Waals surface area contributed by atoms with E-state index in [0.29, 0.717) is 27.9 Å². The molecule has 0 aliphatic heterocycles. The molecule has 0 saturated carbocycles. The number of hydrogen-bond donors (Lipinski definition) is 2. The normalized spacial score (nSPS) is 11.8. The smallest absolute Gasteiger partial charge is 0.175 e. The van der Waals surface area contributed by atoms with Crippen LogP contribution in [0.15, 0.2) is 17.5 Å². The maximum atomic E-state index is 8.74. The van der Waals surface area contributed by atoms with E-state index in [1.807, 2.05) is 0 Å². The Labute approximate surface area is 108 Å². The molecule has 0 fully saturated rings. The second-order valence-electron chi connectivity index (χ2n) is 3.65. The molecule has 2 aromatic heterocycles. The Morgan fingerprint density at radius 3 is 2.78 bits per heavy atom. The summed E-state index contributed by atoms with van der Waals surface area (Å²) in [6, 6.07) is 0. The van der Waals surface area contributed by atoms with E-state index in [-0.39, 0.29) is 5.84 Å². The summed E-state index contributed by atoms with van der Waals surface area (Å²) in [7, 11) is 0. The monoisotopic (exact) mass is 266 g/mol. The van der Waals surface area contributed by atoms with E-state index < -0.39 is 0 Å². The van der Waals surface area contributed by atoms with Crippen LogP contribution in [0.5, 0.6) is 0 Å². The van der Waals surface area contributed by atoms with Gasteiger partial charge < -0.3 is 10.9 Å². The first-order valence-corrected chi connectivity index (χ1v) is 5.44. The van der Waals surface area contributed by atoms with Crippen LogP contribution in [0.3, 0.4) is 0 Å². The second kappa shape index (κ2) is 4.61. The summed E-state index contributed by atoms with van der Waals surface area (Å²) >= 11 is 5.95. The molecule has 0 radical (unpaired) electrons. The largest absolute Gasteiger partial charge is 0.409 e. The molecule has 3 N–H and O–H groups in total. The molecule has 18 heavy (non-hydrogen) atoms. The van der Waals surface area contributed by atoms with E-state index in [4.69, 9.17) is 22.5 Å². The van der Waals surface area contributed by atoms with Crippen LogP contribution >= 0.6 is 11.6 Å². The van der Waals surface area contributed by atoms with Gasteiger partial charge in [0.05, 0.1) is 22.5 Å². The standard InChI is InChI=1S/C10H11ClN6O/c1-5-8(11)4-17(15-5)10-7(9(12)16-18)3-13-6(2)14-10/h3-4,18H,1-2H3,(H2,12,16). The average molecular weight is 267 g/mol. The summed E-state index contributed by atoms with van der Waals surface area (Å²) in [4.78, 5) is 8.23. The summed E-state index contributed by atoms with van der Waals surface area (Å²) in [6.45, 7) is 3.51. The Kier molecular flexibility index (Phi) is 3.15. The van der Waals surface area contributed by atoms with Crippen LogP contribution in [-0.2, 0) is 0 Å². The number of nitrogens with zero attached hydrogens (tertiary/aromatic N) is 5. The number of amidine groups is 1. The van der Waals surface area contributed by atoms with E-state index in [9.17, 15) is 0 Å². The van der Waals surface area contributed by atoms with Crippen LogP contribution in [-0.4, -0.2) is 30.8 Å². The first-order chi connectivity index (χ1) is 8.52. The minimum atomic E-state index is -0.0886. The zero-order valence-corrected chi connectivity index (χ0v) is 10.5. The highest BCUT2D eigenvalue weighted by molar-refractivity contribution is 6.31. The van der Waals surface area contributed by atoms with Crippen molar-refractivity contribution in [1.82, 2.24) is 19.7 Å². The number of halogens is 1. The Bertz CT molecular complexity index is 601. The van der Waals surface area contributed by atoms with Crippen LogP contribution in [0.25, 0.3) is 5.82 Å². The number of hydrogen-bond acceptors (Lipinski definition) is 5. The first-order valence-electron chi connectivity index (χ1n) is 5.06. The fourth-order valence-electron chi connectivity index (χ4n) is 1.41. The van der Waals surface area contributed by atoms with Crippen molar-refractivity contribution in [3.8, 4) is 5.82 Å². The molecule has 0 saturated heterocycles. The predicted molar refractivity (Wildman–Crippen MR) is 66.1 cm³/mol. The molecule has 2 aromatic rings. The quantitative estimate of drug-likeness (QED) is 0.366. The van der Waals surface area contributed by atoms with Gasteiger partial charge in [0.1, 0.15) is 5.82 Å². The van der Waals surface area contributed by atoms with Gasteiger partial charge in [0.2, 0.25) is 0 Å². The van der Waals surface area contributed by atoms with E-state index in [2.05, 4.69) is 20.2 Å². The van der Waals surface area contributed by atoms with E-state index in [1.165, 1.54) is 10.9 Å². The Hall–Kier alpha value is -2.15. The Balaban J connectivity index is 2.65. The lowest BCUT2D eigenvalue weighted by atomic mass is 10.3. The zero-order valence-electron chi connectivity index (χ0n) is 9.79. The van der Waals surface area contributed by atoms with E-state index in [1.54, 1.807) is 20.0 Å². The van der Waals surface area contributed by atoms with Crippen molar-refractivity contribution in [3.05, 3.63) is 34.5 Å². The molecule has 2 rings (SSSR count). The summed E-state index contributed by atoms with van der Waals surface area (Å²) in [5.41, 5.74) is 6.62. The molecule has 0 aromatic carbocycles. The first kappa shape index (κ1) is 12.3. The molecule has 0 atom stereocenters. The van der Waals surface area contributed by atoms with Crippen LogP contribution in [0.1, 0.15) is 17.1 Å². The zero-order chi connectivity index (χ0) is 13.3. The van der Waals surface area contributed by atoms with Gasteiger partial charge in [-0.3, -0.25) is 0 Å². The van der Waals surface area contributed by atoms with Gasteiger partial charge in [-0.2, -0.15) is 5.10 Å². The van der Waals surface area contributed by atoms with Crippen molar-refractivity contribution >= 4 is 17.4 Å². The molecule has 7 nitrogen and oxygen atoms in total. The van der Waals surface area contributed by atoms with E-state index in [0.717, 1.165) is 0 Å². The SMILES string of the molecule is Cc1ncc(/C(N)=N/O)c(-n2cc(Cl)c(C)n2)n1. The number of rotatable bonds is 2. The van der Waals surface area contributed by atoms with Crippen molar-refractivity contribution in [2.24, 2.45) is 10.9 Å². The minimum Gasteiger partial charge on any atom is -0.409 e. The fourth-order valence-corrected chi connectivity index (χ4v) is 1.55. The number of aryl methyl sites for hydroxylation is 2. The van der Waals surface area contributed by atoms with Crippen LogP contribution in [0.4, 0.5) is 0 Å². The molecular formula is C10H11ClN6O. The highest BCUT2D eigenvalue weighted by atomic mass is 35.5. The molecule has 0 amide bonds. The van der Waals surface area contributed by atoms with Gasteiger partial charge in [0.15, 0.2) is 11.7 Å². The number of nitrogens with two attached hydrogens (primary N) is 1. The third-order valence-corrected chi connectivity index (χ3v) is 2.70. The maximum Gasteiger partial charge on any atom is 0.175 e. The summed E-state index contributed by atoms with van der Waals surface area (Å²) in [6.07, 6.45) is 3.07. The van der Waals surface area contributed by atoms with Gasteiger partial charge in [-0.25, -0.2) is 14.6 Å². The van der Waals surface area contributed by atoms with Crippen molar-refractivity contribution < 1.29 is 5.21 Å². The van der Waals surface area contributed by atoms with Crippen LogP contribution < -0.4 is 5.73 Å². The fraction of sp³-hybridized carbons (Fsp3) is 0.200. The van der Waals surface area contributed by atoms with Crippen molar-refractivity contribution in [3.63, 3.8) is 0 Å². The van der Waals surface area contributed by atoms with Gasteiger partial charge >= 0.3 is 0 Å². The highest BCUT2D eigenvalue weighted by Crippen LogP contribution is 2.17. The molecule has 94 valence electrons. The van der Waals surface area contributed by atoms with Crippen molar-refractivity contribution in [1.29, 1.82) is 0 Å². The molecular weight excluding hydrogens is 256 g/mol. The van der Waals surface area contributed by atoms with Gasteiger partial charge in [-0.05, 0) is 13.8 Å². The molecule has 0 aliphatic rings. The topological polar surface area (TPSA) is 102 Å². The molecule has 0 aliphatic carbocycles. The van der Waals surface area contributed by atoms with Crippen molar-refractivity contribution in [2.45, 2.75) is 13.8 Å². The van der Waals surface area contributed by atoms with Crippen LogP contribution in [0, 0.1) is 13.8 Å². The number of oxime groups is 1. The lowest BCUT2D eigenvalue weighted by Gasteiger charge is -2.07. The maximum absolute atomic E-state index is 8.74. The lowest BCUT2D eigenvalue weighted by Crippen LogP contribution is -2.18. The Morgan fingerprint density at radius 2 is 2.22 bits per heavy atom. The summed E-state index contributed by atoms with van der Waals surface area (Å²) in [5, 5.41) is 16.4. The number of aromatic nitrogens is 4. The molecule has 0 bridgehead atoms. The van der Waals surface area contributed by atoms with Gasteiger partial charge in [-0.1, -0.05) is 16.8 Å². The Morgan fingerprint density at radius 1 is 1.50 bits per heavy atom. The second-order valence-corrected chi connectivity index (χ2v) is 4.05. The summed E-state index contributed by atoms with van der Waals surface area (Å²) < 4.78 is 1.47. The molecule has 8 heteroatoms. The molecule has 0 unspecified atom stereocenters. The van der Waals surface area contributed by atoms with Gasteiger partial charge in [-0.15, -0.1) is 0 Å². The third-order valence-electron chi connectivity index (χ3n) is 2.33. The van der Waals surface area contributed by atoms with Gasteiger partial charge in [0.25, 0.3) is 0 Å². The third kappa shape index (κ3) is 2.12. The van der Waals surface area contributed by atoms with E-state index >= 15 is 0 Å². The lowest BCUT2D eigenvalue weighted by molar-refractivity contribution is 0.318. The highest BCUT2D eigenvalue weighted by Gasteiger charge is 2.14. The van der Waals surface area contributed by atoms with Crippen molar-refractivity contribution in [2.75, 3.05) is 0 Å². The molecule has 0 spiro atoms. The minimum absolute atomic E-state index is 0.0886. The predicted octanol–water partition coefficient (Wildman–Crippen LogP) is 1.03. The molecule has 2 heterocycles. The van der Waals surface area contributed by atoms with Gasteiger partial charge in [0, 0.05) is 6.20 Å².